The number of anilines is 1. The first-order valence-corrected chi connectivity index (χ1v) is 6.66. The van der Waals surface area contributed by atoms with E-state index in [9.17, 15) is 9.59 Å². The quantitative estimate of drug-likeness (QED) is 0.792. The van der Waals surface area contributed by atoms with Crippen LogP contribution in [0.2, 0.25) is 5.02 Å². The van der Waals surface area contributed by atoms with Crippen LogP contribution in [-0.2, 0) is 9.59 Å². The van der Waals surface area contributed by atoms with Gasteiger partial charge in [0.15, 0.2) is 0 Å². The molecule has 0 spiro atoms. The first kappa shape index (κ1) is 16.5. The summed E-state index contributed by atoms with van der Waals surface area (Å²) in [5.74, 6) is -0.662. The lowest BCUT2D eigenvalue weighted by Crippen LogP contribution is -2.50. The van der Waals surface area contributed by atoms with E-state index in [1.54, 1.807) is 24.3 Å². The van der Waals surface area contributed by atoms with E-state index in [0.717, 1.165) is 0 Å². The summed E-state index contributed by atoms with van der Waals surface area (Å²) in [6.45, 7) is 5.48. The predicted octanol–water partition coefficient (Wildman–Crippen LogP) is 1.77. The van der Waals surface area contributed by atoms with Crippen molar-refractivity contribution in [1.29, 1.82) is 0 Å². The van der Waals surface area contributed by atoms with Gasteiger partial charge in [0, 0.05) is 10.7 Å². The average Bonchev–Trinajstić information content (AvgIpc) is 2.36. The largest absolute Gasteiger partial charge is 0.346 e. The molecule has 0 aliphatic heterocycles. The summed E-state index contributed by atoms with van der Waals surface area (Å²) in [6.07, 6.45) is 0. The monoisotopic (exact) mass is 297 g/mol. The van der Waals surface area contributed by atoms with Crippen molar-refractivity contribution >= 4 is 29.1 Å². The summed E-state index contributed by atoms with van der Waals surface area (Å²) in [5, 5.41) is 5.76. The fraction of sp³-hybridized carbons (Fsp3) is 0.429. The molecule has 5 nitrogen and oxygen atoms in total. The fourth-order valence-corrected chi connectivity index (χ4v) is 1.54. The molecule has 110 valence electrons. The number of amides is 2. The Morgan fingerprint density at radius 3 is 2.30 bits per heavy atom. The Hall–Kier alpha value is -1.59. The van der Waals surface area contributed by atoms with E-state index in [2.05, 4.69) is 10.6 Å². The molecule has 0 bridgehead atoms. The fourth-order valence-electron chi connectivity index (χ4n) is 1.41. The minimum atomic E-state index is -0.661. The molecule has 0 unspecified atom stereocenters. The van der Waals surface area contributed by atoms with E-state index >= 15 is 0 Å². The van der Waals surface area contributed by atoms with Crippen LogP contribution < -0.4 is 16.4 Å². The number of nitrogens with one attached hydrogen (secondary N) is 2. The van der Waals surface area contributed by atoms with Crippen molar-refractivity contribution in [2.45, 2.75) is 26.8 Å². The van der Waals surface area contributed by atoms with Crippen LogP contribution in [0, 0.1) is 5.41 Å². The van der Waals surface area contributed by atoms with Gasteiger partial charge in [0.1, 0.15) is 0 Å². The first-order valence-electron chi connectivity index (χ1n) is 6.29. The third-order valence-electron chi connectivity index (χ3n) is 2.77. The number of halogens is 1. The summed E-state index contributed by atoms with van der Waals surface area (Å²) in [6, 6.07) is 6.05. The van der Waals surface area contributed by atoms with Gasteiger partial charge >= 0.3 is 0 Å². The van der Waals surface area contributed by atoms with Crippen LogP contribution in [-0.4, -0.2) is 24.4 Å². The van der Waals surface area contributed by atoms with E-state index in [1.165, 1.54) is 0 Å². The minimum absolute atomic E-state index is 0.120. The molecule has 0 radical (unpaired) electrons. The Labute approximate surface area is 123 Å². The molecule has 0 saturated heterocycles. The molecule has 6 heteroatoms. The predicted molar refractivity (Wildman–Crippen MR) is 80.5 cm³/mol. The third kappa shape index (κ3) is 5.19. The number of hydrogen-bond donors (Lipinski definition) is 3. The van der Waals surface area contributed by atoms with Gasteiger partial charge in [-0.2, -0.15) is 0 Å². The van der Waals surface area contributed by atoms with Gasteiger partial charge in [0.2, 0.25) is 11.8 Å². The van der Waals surface area contributed by atoms with E-state index < -0.39 is 6.04 Å². The number of carbonyl (C=O) groups is 2. The number of rotatable bonds is 4. The van der Waals surface area contributed by atoms with Gasteiger partial charge in [-0.1, -0.05) is 32.4 Å². The van der Waals surface area contributed by atoms with Crippen LogP contribution in [0.25, 0.3) is 0 Å². The molecule has 1 rings (SSSR count). The molecule has 0 aliphatic carbocycles. The standard InChI is InChI=1S/C14H20ClN3O2/c1-14(2,3)12(16)13(20)17-8-11(19)18-10-6-4-9(15)5-7-10/h4-7,12H,8,16H2,1-3H3,(H,17,20)(H,18,19)/t12-/m1/s1. The highest BCUT2D eigenvalue weighted by Crippen LogP contribution is 2.17. The number of benzene rings is 1. The van der Waals surface area contributed by atoms with Crippen LogP contribution in [0.3, 0.4) is 0 Å². The maximum Gasteiger partial charge on any atom is 0.243 e. The molecule has 1 atom stereocenters. The normalized spacial score (nSPS) is 12.7. The van der Waals surface area contributed by atoms with Gasteiger partial charge in [-0.05, 0) is 29.7 Å². The number of hydrogen-bond acceptors (Lipinski definition) is 3. The van der Waals surface area contributed by atoms with Crippen molar-refractivity contribution in [2.24, 2.45) is 11.1 Å². The highest BCUT2D eigenvalue weighted by molar-refractivity contribution is 6.30. The van der Waals surface area contributed by atoms with Crippen molar-refractivity contribution in [1.82, 2.24) is 5.32 Å². The molecule has 0 aromatic heterocycles. The third-order valence-corrected chi connectivity index (χ3v) is 3.02. The summed E-state index contributed by atoms with van der Waals surface area (Å²) in [7, 11) is 0. The van der Waals surface area contributed by atoms with Gasteiger partial charge in [-0.15, -0.1) is 0 Å². The second-order valence-corrected chi connectivity index (χ2v) is 6.05. The minimum Gasteiger partial charge on any atom is -0.346 e. The summed E-state index contributed by atoms with van der Waals surface area (Å²) < 4.78 is 0. The lowest BCUT2D eigenvalue weighted by atomic mass is 9.87. The van der Waals surface area contributed by atoms with E-state index in [1.807, 2.05) is 20.8 Å². The van der Waals surface area contributed by atoms with Crippen LogP contribution in [0.5, 0.6) is 0 Å². The summed E-state index contributed by atoms with van der Waals surface area (Å²) in [4.78, 5) is 23.4. The molecule has 1 aromatic rings. The van der Waals surface area contributed by atoms with Gasteiger partial charge in [0.25, 0.3) is 0 Å². The smallest absolute Gasteiger partial charge is 0.243 e. The molecule has 0 saturated carbocycles. The number of carbonyl (C=O) groups excluding carboxylic acids is 2. The number of nitrogens with two attached hydrogens (primary N) is 1. The second kappa shape index (κ2) is 6.72. The maximum atomic E-state index is 11.8. The lowest BCUT2D eigenvalue weighted by Gasteiger charge is -2.25. The van der Waals surface area contributed by atoms with Crippen LogP contribution in [0.15, 0.2) is 24.3 Å². The zero-order valence-corrected chi connectivity index (χ0v) is 12.6. The van der Waals surface area contributed by atoms with Gasteiger partial charge < -0.3 is 16.4 Å². The Balaban J connectivity index is 2.44. The van der Waals surface area contributed by atoms with Crippen molar-refractivity contribution in [3.63, 3.8) is 0 Å². The van der Waals surface area contributed by atoms with Crippen molar-refractivity contribution in [3.05, 3.63) is 29.3 Å². The molecule has 20 heavy (non-hydrogen) atoms. The van der Waals surface area contributed by atoms with Gasteiger partial charge in [-0.25, -0.2) is 0 Å². The molecule has 0 fully saturated rings. The topological polar surface area (TPSA) is 84.2 Å². The Morgan fingerprint density at radius 1 is 1.25 bits per heavy atom. The molecule has 4 N–H and O–H groups in total. The maximum absolute atomic E-state index is 11.8. The lowest BCUT2D eigenvalue weighted by molar-refractivity contribution is -0.126. The second-order valence-electron chi connectivity index (χ2n) is 5.62. The summed E-state index contributed by atoms with van der Waals surface area (Å²) >= 11 is 5.74. The zero-order valence-electron chi connectivity index (χ0n) is 11.9. The van der Waals surface area contributed by atoms with Crippen LogP contribution >= 0.6 is 11.6 Å². The molecular formula is C14H20ClN3O2. The van der Waals surface area contributed by atoms with E-state index in [-0.39, 0.29) is 23.8 Å². The summed E-state index contributed by atoms with van der Waals surface area (Å²) in [5.41, 5.74) is 6.06. The highest BCUT2D eigenvalue weighted by atomic mass is 35.5. The SMILES string of the molecule is CC(C)(C)[C@H](N)C(=O)NCC(=O)Nc1ccc(Cl)cc1. The Kier molecular flexibility index (Phi) is 5.53. The highest BCUT2D eigenvalue weighted by Gasteiger charge is 2.27. The molecule has 2 amide bonds. The zero-order chi connectivity index (χ0) is 15.3. The molecule has 0 heterocycles. The Bertz CT molecular complexity index is 480. The van der Waals surface area contributed by atoms with E-state index in [0.29, 0.717) is 10.7 Å². The van der Waals surface area contributed by atoms with E-state index in [4.69, 9.17) is 17.3 Å². The van der Waals surface area contributed by atoms with Crippen molar-refractivity contribution in [2.75, 3.05) is 11.9 Å². The molecule has 1 aromatic carbocycles. The van der Waals surface area contributed by atoms with Gasteiger partial charge in [-0.3, -0.25) is 9.59 Å². The van der Waals surface area contributed by atoms with Crippen LogP contribution in [0.4, 0.5) is 5.69 Å². The van der Waals surface area contributed by atoms with Crippen molar-refractivity contribution in [3.8, 4) is 0 Å². The Morgan fingerprint density at radius 2 is 1.80 bits per heavy atom. The van der Waals surface area contributed by atoms with Gasteiger partial charge in [0.05, 0.1) is 12.6 Å². The van der Waals surface area contributed by atoms with Crippen molar-refractivity contribution < 1.29 is 9.59 Å². The van der Waals surface area contributed by atoms with Crippen LogP contribution in [0.1, 0.15) is 20.8 Å². The first-order chi connectivity index (χ1) is 9.20. The average molecular weight is 298 g/mol. The molecular weight excluding hydrogens is 278 g/mol. The molecule has 0 aliphatic rings.